The molecule has 1 amide bonds. The van der Waals surface area contributed by atoms with Gasteiger partial charge in [-0.15, -0.1) is 0 Å². The Morgan fingerprint density at radius 1 is 1.22 bits per heavy atom. The lowest BCUT2D eigenvalue weighted by Crippen LogP contribution is -2.42. The zero-order chi connectivity index (χ0) is 19.4. The van der Waals surface area contributed by atoms with E-state index in [-0.39, 0.29) is 11.9 Å². The second kappa shape index (κ2) is 8.39. The van der Waals surface area contributed by atoms with Crippen molar-refractivity contribution >= 4 is 5.91 Å². The second-order valence-electron chi connectivity index (χ2n) is 6.52. The number of carbonyl (C=O) groups is 1. The third kappa shape index (κ3) is 4.06. The Morgan fingerprint density at radius 2 is 1.96 bits per heavy atom. The summed E-state index contributed by atoms with van der Waals surface area (Å²) >= 11 is 0. The molecular weight excluding hydrogens is 347 g/mol. The van der Waals surface area contributed by atoms with E-state index in [9.17, 15) is 9.18 Å². The highest BCUT2D eigenvalue weighted by Gasteiger charge is 2.28. The van der Waals surface area contributed by atoms with Crippen LogP contribution in [0, 0.1) is 5.82 Å². The molecule has 0 aliphatic carbocycles. The van der Waals surface area contributed by atoms with Gasteiger partial charge in [0.1, 0.15) is 5.82 Å². The number of benzene rings is 2. The van der Waals surface area contributed by atoms with E-state index in [1.807, 2.05) is 12.1 Å². The number of halogens is 1. The van der Waals surface area contributed by atoms with E-state index in [0.29, 0.717) is 23.6 Å². The molecule has 6 heteroatoms. The molecular formula is C21H25FN2O3. The summed E-state index contributed by atoms with van der Waals surface area (Å²) in [4.78, 5) is 14.7. The van der Waals surface area contributed by atoms with Gasteiger partial charge in [-0.05, 0) is 54.4 Å². The number of methoxy groups -OCH3 is 2. The van der Waals surface area contributed by atoms with Gasteiger partial charge in [-0.2, -0.15) is 0 Å². The molecule has 1 heterocycles. The van der Waals surface area contributed by atoms with Gasteiger partial charge in [0.15, 0.2) is 11.5 Å². The third-order valence-electron chi connectivity index (χ3n) is 5.06. The van der Waals surface area contributed by atoms with Crippen molar-refractivity contribution < 1.29 is 18.7 Å². The maximum atomic E-state index is 13.4. The van der Waals surface area contributed by atoms with Crippen LogP contribution in [-0.2, 0) is 6.42 Å². The van der Waals surface area contributed by atoms with Crippen LogP contribution < -0.4 is 14.8 Å². The van der Waals surface area contributed by atoms with Crippen molar-refractivity contribution in [3.05, 3.63) is 58.9 Å². The molecule has 2 aromatic rings. The van der Waals surface area contributed by atoms with Gasteiger partial charge < -0.3 is 14.8 Å². The largest absolute Gasteiger partial charge is 0.493 e. The van der Waals surface area contributed by atoms with E-state index >= 15 is 0 Å². The summed E-state index contributed by atoms with van der Waals surface area (Å²) in [5.74, 6) is 0.690. The van der Waals surface area contributed by atoms with Crippen molar-refractivity contribution in [3.63, 3.8) is 0 Å². The number of nitrogens with one attached hydrogen (secondary N) is 1. The van der Waals surface area contributed by atoms with Gasteiger partial charge in [-0.25, -0.2) is 4.39 Å². The maximum absolute atomic E-state index is 13.4. The van der Waals surface area contributed by atoms with Crippen LogP contribution >= 0.6 is 0 Å². The molecule has 0 aromatic heterocycles. The average molecular weight is 372 g/mol. The van der Waals surface area contributed by atoms with E-state index in [4.69, 9.17) is 9.47 Å². The Balaban J connectivity index is 1.84. The average Bonchev–Trinajstić information content (AvgIpc) is 2.70. The minimum Gasteiger partial charge on any atom is -0.493 e. The van der Waals surface area contributed by atoms with Crippen LogP contribution in [0.3, 0.4) is 0 Å². The zero-order valence-electron chi connectivity index (χ0n) is 15.9. The maximum Gasteiger partial charge on any atom is 0.251 e. The van der Waals surface area contributed by atoms with Gasteiger partial charge in [-0.3, -0.25) is 9.69 Å². The first-order valence-electron chi connectivity index (χ1n) is 9.10. The van der Waals surface area contributed by atoms with Crippen LogP contribution in [0.2, 0.25) is 0 Å². The molecule has 0 radical (unpaired) electrons. The lowest BCUT2D eigenvalue weighted by molar-refractivity contribution is 0.0930. The van der Waals surface area contributed by atoms with Gasteiger partial charge in [0, 0.05) is 18.7 Å². The topological polar surface area (TPSA) is 50.8 Å². The van der Waals surface area contributed by atoms with Crippen molar-refractivity contribution in [2.45, 2.75) is 19.4 Å². The number of hydrogen-bond donors (Lipinski definition) is 1. The van der Waals surface area contributed by atoms with Crippen LogP contribution in [0.4, 0.5) is 4.39 Å². The molecule has 27 heavy (non-hydrogen) atoms. The number of fused-ring (bicyclic) bond motifs is 1. The number of ether oxygens (including phenoxy) is 2. The summed E-state index contributed by atoms with van der Waals surface area (Å²) in [6.45, 7) is 4.31. The standard InChI is InChI=1S/C21H25FN2O3/c1-4-24-9-8-14-11-19(26-2)20(27-3)12-17(14)18(24)13-23-21(25)15-6-5-7-16(22)10-15/h5-7,10-12,18H,4,8-9,13H2,1-3H3,(H,23,25)/t18-/m0/s1. The fourth-order valence-electron chi connectivity index (χ4n) is 3.62. The van der Waals surface area contributed by atoms with Crippen LogP contribution in [0.5, 0.6) is 11.5 Å². The predicted octanol–water partition coefficient (Wildman–Crippen LogP) is 3.19. The lowest BCUT2D eigenvalue weighted by atomic mass is 9.91. The molecule has 1 aliphatic rings. The van der Waals surface area contributed by atoms with Gasteiger partial charge in [0.25, 0.3) is 5.91 Å². The summed E-state index contributed by atoms with van der Waals surface area (Å²) in [6.07, 6.45) is 0.915. The quantitative estimate of drug-likeness (QED) is 0.846. The highest BCUT2D eigenvalue weighted by molar-refractivity contribution is 5.94. The Bertz CT molecular complexity index is 825. The first kappa shape index (κ1) is 19.2. The number of rotatable bonds is 6. The van der Waals surface area contributed by atoms with Crippen molar-refractivity contribution in [1.29, 1.82) is 0 Å². The van der Waals surface area contributed by atoms with Crippen LogP contribution in [0.1, 0.15) is 34.5 Å². The number of likely N-dealkylation sites (N-methyl/N-ethyl adjacent to an activating group) is 1. The van der Waals surface area contributed by atoms with Crippen molar-refractivity contribution in [2.24, 2.45) is 0 Å². The molecule has 0 saturated heterocycles. The summed E-state index contributed by atoms with van der Waals surface area (Å²) < 4.78 is 24.2. The van der Waals surface area contributed by atoms with Gasteiger partial charge in [0.2, 0.25) is 0 Å². The lowest BCUT2D eigenvalue weighted by Gasteiger charge is -2.37. The van der Waals surface area contributed by atoms with E-state index in [0.717, 1.165) is 25.1 Å². The smallest absolute Gasteiger partial charge is 0.251 e. The van der Waals surface area contributed by atoms with Gasteiger partial charge in [0.05, 0.1) is 20.3 Å². The summed E-state index contributed by atoms with van der Waals surface area (Å²) in [5, 5.41) is 2.95. The molecule has 0 spiro atoms. The first-order chi connectivity index (χ1) is 13.1. The molecule has 2 aromatic carbocycles. The molecule has 0 saturated carbocycles. The zero-order valence-corrected chi connectivity index (χ0v) is 15.9. The Morgan fingerprint density at radius 3 is 2.63 bits per heavy atom. The highest BCUT2D eigenvalue weighted by Crippen LogP contribution is 2.37. The van der Waals surface area contributed by atoms with Crippen molar-refractivity contribution in [2.75, 3.05) is 33.9 Å². The molecule has 144 valence electrons. The minimum absolute atomic E-state index is 0.0241. The van der Waals surface area contributed by atoms with Gasteiger partial charge >= 0.3 is 0 Å². The molecule has 0 fully saturated rings. The summed E-state index contributed by atoms with van der Waals surface area (Å²) in [7, 11) is 3.24. The van der Waals surface area contributed by atoms with Crippen molar-refractivity contribution in [3.8, 4) is 11.5 Å². The molecule has 0 bridgehead atoms. The van der Waals surface area contributed by atoms with Crippen LogP contribution in [-0.4, -0.2) is 44.7 Å². The number of nitrogens with zero attached hydrogens (tertiary/aromatic N) is 1. The molecule has 5 nitrogen and oxygen atoms in total. The fourth-order valence-corrected chi connectivity index (χ4v) is 3.62. The number of carbonyl (C=O) groups excluding carboxylic acids is 1. The highest BCUT2D eigenvalue weighted by atomic mass is 19.1. The normalized spacial score (nSPS) is 16.5. The van der Waals surface area contributed by atoms with E-state index in [2.05, 4.69) is 17.1 Å². The van der Waals surface area contributed by atoms with E-state index in [1.54, 1.807) is 20.3 Å². The van der Waals surface area contributed by atoms with Crippen molar-refractivity contribution in [1.82, 2.24) is 10.2 Å². The number of amides is 1. The summed E-state index contributed by atoms with van der Waals surface area (Å²) in [6, 6.07) is 9.75. The Labute approximate surface area is 159 Å². The Hall–Kier alpha value is -2.60. The monoisotopic (exact) mass is 372 g/mol. The van der Waals surface area contributed by atoms with Gasteiger partial charge in [-0.1, -0.05) is 13.0 Å². The SMILES string of the molecule is CCN1CCc2cc(OC)c(OC)cc2[C@@H]1CNC(=O)c1cccc(F)c1. The Kier molecular flexibility index (Phi) is 5.96. The molecule has 3 rings (SSSR count). The molecule has 0 unspecified atom stereocenters. The second-order valence-corrected chi connectivity index (χ2v) is 6.52. The fraction of sp³-hybridized carbons (Fsp3) is 0.381. The molecule has 1 aliphatic heterocycles. The minimum atomic E-state index is -0.419. The van der Waals surface area contributed by atoms with Crippen LogP contribution in [0.25, 0.3) is 0 Å². The summed E-state index contributed by atoms with van der Waals surface area (Å²) in [5.41, 5.74) is 2.64. The van der Waals surface area contributed by atoms with Crippen LogP contribution in [0.15, 0.2) is 36.4 Å². The van der Waals surface area contributed by atoms with E-state index < -0.39 is 5.82 Å². The first-order valence-corrected chi connectivity index (χ1v) is 9.10. The van der Waals surface area contributed by atoms with E-state index in [1.165, 1.54) is 23.8 Å². The third-order valence-corrected chi connectivity index (χ3v) is 5.06. The molecule has 1 N–H and O–H groups in total. The number of hydrogen-bond acceptors (Lipinski definition) is 4. The predicted molar refractivity (Wildman–Crippen MR) is 102 cm³/mol. The molecule has 1 atom stereocenters.